The molecule has 0 fully saturated rings. The maximum Gasteiger partial charge on any atom is 0.145 e. The van der Waals surface area contributed by atoms with Gasteiger partial charge in [-0.2, -0.15) is 0 Å². The van der Waals surface area contributed by atoms with Crippen molar-refractivity contribution in [2.24, 2.45) is 0 Å². The number of nitrogens with zero attached hydrogens (tertiary/aromatic N) is 4. The third-order valence-corrected chi connectivity index (χ3v) is 21.2. The van der Waals surface area contributed by atoms with E-state index in [2.05, 4.69) is 401 Å². The van der Waals surface area contributed by atoms with Crippen LogP contribution in [0.2, 0.25) is 0 Å². The van der Waals surface area contributed by atoms with Crippen LogP contribution in [-0.4, -0.2) is 9.13 Å². The maximum atomic E-state index is 6.51. The molecule has 0 saturated heterocycles. The molecule has 0 saturated carbocycles. The minimum Gasteiger partial charge on any atom is -0.455 e. The Morgan fingerprint density at radius 3 is 1.13 bits per heavy atom. The van der Waals surface area contributed by atoms with Crippen LogP contribution in [0.15, 0.2) is 393 Å². The first-order chi connectivity index (χ1) is 50.6. The van der Waals surface area contributed by atoms with Gasteiger partial charge in [0, 0.05) is 92.6 Å². The predicted molar refractivity (Wildman–Crippen MR) is 433 cm³/mol. The smallest absolute Gasteiger partial charge is 0.145 e. The molecule has 0 N–H and O–H groups in total. The lowest BCUT2D eigenvalue weighted by Gasteiger charge is -2.26. The molecule has 5 nitrogen and oxygen atoms in total. The molecule has 480 valence electrons. The zero-order chi connectivity index (χ0) is 67.5. The highest BCUT2D eigenvalue weighted by molar-refractivity contribution is 7.25. The van der Waals surface area contributed by atoms with E-state index in [1.165, 1.54) is 80.7 Å². The van der Waals surface area contributed by atoms with Gasteiger partial charge >= 0.3 is 0 Å². The minimum atomic E-state index is 0.914. The first kappa shape index (κ1) is 60.0. The van der Waals surface area contributed by atoms with Crippen LogP contribution in [0, 0.1) is 0 Å². The Bertz CT molecular complexity index is 6320. The number of fused-ring (bicyclic) bond motifs is 13. The van der Waals surface area contributed by atoms with Crippen LogP contribution >= 0.6 is 11.3 Å². The third kappa shape index (κ3) is 10.7. The molecule has 0 amide bonds. The molecule has 102 heavy (non-hydrogen) atoms. The maximum absolute atomic E-state index is 6.51. The van der Waals surface area contributed by atoms with Gasteiger partial charge in [-0.05, 0) is 202 Å². The summed E-state index contributed by atoms with van der Waals surface area (Å²) >= 11 is 1.86. The topological polar surface area (TPSA) is 29.5 Å². The van der Waals surface area contributed by atoms with E-state index in [-0.39, 0.29) is 0 Å². The number of rotatable bonds is 12. The number of hydrogen-bond donors (Lipinski definition) is 0. The van der Waals surface area contributed by atoms with E-state index in [9.17, 15) is 0 Å². The summed E-state index contributed by atoms with van der Waals surface area (Å²) in [6.07, 6.45) is 0. The lowest BCUT2D eigenvalue weighted by Crippen LogP contribution is -2.09. The van der Waals surface area contributed by atoms with Crippen LogP contribution in [-0.2, 0) is 0 Å². The van der Waals surface area contributed by atoms with Crippen molar-refractivity contribution in [1.82, 2.24) is 9.13 Å². The lowest BCUT2D eigenvalue weighted by molar-refractivity contribution is 0.673. The summed E-state index contributed by atoms with van der Waals surface area (Å²) < 4.78 is 13.9. The number of hydrogen-bond acceptors (Lipinski definition) is 4. The molecule has 0 aliphatic heterocycles. The molecule has 20 aromatic rings. The van der Waals surface area contributed by atoms with Gasteiger partial charge in [0.1, 0.15) is 11.2 Å². The summed E-state index contributed by atoms with van der Waals surface area (Å²) in [4.78, 5) is 4.63. The fraction of sp³-hybridized carbons (Fsp3) is 0. The van der Waals surface area contributed by atoms with Crippen molar-refractivity contribution in [3.63, 3.8) is 0 Å². The van der Waals surface area contributed by atoms with Crippen molar-refractivity contribution >= 4 is 131 Å². The average Bonchev–Trinajstić information content (AvgIpc) is 1.50. The predicted octanol–water partition coefficient (Wildman–Crippen LogP) is 27.4. The number of anilines is 6. The van der Waals surface area contributed by atoms with E-state index in [1.807, 2.05) is 17.4 Å². The molecular formula is C96H64N4OS. The zero-order valence-corrected chi connectivity index (χ0v) is 56.4. The van der Waals surface area contributed by atoms with Gasteiger partial charge in [-0.3, -0.25) is 0 Å². The Labute approximate surface area is 594 Å². The summed E-state index contributed by atoms with van der Waals surface area (Å²) in [5.41, 5.74) is 25.1. The summed E-state index contributed by atoms with van der Waals surface area (Å²) in [6, 6.07) is 139. The Kier molecular flexibility index (Phi) is 15.0. The van der Waals surface area contributed by atoms with Crippen LogP contribution in [0.5, 0.6) is 0 Å². The van der Waals surface area contributed by atoms with Crippen LogP contribution in [0.3, 0.4) is 0 Å². The van der Waals surface area contributed by atoms with Crippen molar-refractivity contribution in [1.29, 1.82) is 0 Å². The third-order valence-electron chi connectivity index (χ3n) is 20.0. The molecule has 4 heterocycles. The first-order valence-electron chi connectivity index (χ1n) is 34.7. The second-order valence-corrected chi connectivity index (χ2v) is 27.0. The quantitative estimate of drug-likeness (QED) is 0.122. The van der Waals surface area contributed by atoms with Gasteiger partial charge in [0.2, 0.25) is 0 Å². The number of benzene rings is 16. The highest BCUT2D eigenvalue weighted by atomic mass is 32.1. The van der Waals surface area contributed by atoms with Crippen molar-refractivity contribution in [2.45, 2.75) is 0 Å². The SMILES string of the molecule is c1ccc(-c2ccc(N(c3ccc(-c4ccccc4)cc3)c3ccc(-c4ccc(-n5c6ccccc6c6c7oc8ccccc8c7ccc65)cc4)cc3)cc2)cc1.c1ccc(N(c2ccccc2)c2ccc(-n3c4ccccc4c4cc(-c5ccc6sc7ccccc7c6c5)ccc43)cc2)cc1. The Morgan fingerprint density at radius 1 is 0.216 bits per heavy atom. The molecule has 0 spiro atoms. The summed E-state index contributed by atoms with van der Waals surface area (Å²) in [5, 5.41) is 9.81. The highest BCUT2D eigenvalue weighted by Gasteiger charge is 2.21. The molecule has 20 rings (SSSR count). The summed E-state index contributed by atoms with van der Waals surface area (Å²) in [7, 11) is 0. The Morgan fingerprint density at radius 2 is 0.569 bits per heavy atom. The van der Waals surface area contributed by atoms with Crippen LogP contribution in [0.4, 0.5) is 34.1 Å². The van der Waals surface area contributed by atoms with E-state index in [0.717, 1.165) is 95.0 Å². The van der Waals surface area contributed by atoms with E-state index in [4.69, 9.17) is 4.42 Å². The second-order valence-electron chi connectivity index (χ2n) is 26.0. The largest absolute Gasteiger partial charge is 0.455 e. The Balaban J connectivity index is 0.000000145. The van der Waals surface area contributed by atoms with Crippen LogP contribution in [0.1, 0.15) is 0 Å². The minimum absolute atomic E-state index is 0.914. The molecule has 0 unspecified atom stereocenters. The van der Waals surface area contributed by atoms with E-state index in [1.54, 1.807) is 0 Å². The molecule has 0 atom stereocenters. The fourth-order valence-electron chi connectivity index (χ4n) is 15.1. The summed E-state index contributed by atoms with van der Waals surface area (Å²) in [5.74, 6) is 0. The normalized spacial score (nSPS) is 11.5. The molecular weight excluding hydrogens is 1260 g/mol. The van der Waals surface area contributed by atoms with Gasteiger partial charge in [0.15, 0.2) is 0 Å². The second kappa shape index (κ2) is 25.5. The molecule has 16 aromatic carbocycles. The van der Waals surface area contributed by atoms with Gasteiger partial charge < -0.3 is 23.4 Å². The molecule has 0 radical (unpaired) electrons. The molecule has 4 aromatic heterocycles. The van der Waals surface area contributed by atoms with Crippen molar-refractivity contribution in [3.8, 4) is 55.9 Å². The number of para-hydroxylation sites is 5. The van der Waals surface area contributed by atoms with E-state index < -0.39 is 0 Å². The molecule has 0 aliphatic carbocycles. The van der Waals surface area contributed by atoms with Gasteiger partial charge in [-0.1, -0.05) is 231 Å². The zero-order valence-electron chi connectivity index (χ0n) is 55.6. The van der Waals surface area contributed by atoms with Crippen molar-refractivity contribution in [2.75, 3.05) is 9.80 Å². The monoisotopic (exact) mass is 1320 g/mol. The van der Waals surface area contributed by atoms with Gasteiger partial charge in [0.05, 0.1) is 27.5 Å². The lowest BCUT2D eigenvalue weighted by atomic mass is 10.0. The Hall–Kier alpha value is -13.3. The van der Waals surface area contributed by atoms with Crippen molar-refractivity contribution < 1.29 is 4.42 Å². The number of aromatic nitrogens is 2. The first-order valence-corrected chi connectivity index (χ1v) is 35.5. The highest BCUT2D eigenvalue weighted by Crippen LogP contribution is 2.45. The fourth-order valence-corrected chi connectivity index (χ4v) is 16.2. The molecule has 0 aliphatic rings. The standard InChI is InChI=1S/C54H36N2O.C42H28N2S/c1-3-11-37(12-4-1)39-19-27-43(28-20-39)55(44-29-21-40(22-30-44)38-13-5-2-6-14-38)45-31-23-41(24-32-45)42-25-33-46(34-26-42)56-50-17-9-7-16-49(50)53-51(56)36-35-48-47-15-8-10-18-52(47)57-54(48)53;1-3-11-31(12-4-1)43(32-13-5-2-6-14-32)33-21-23-34(24-22-33)44-39-17-9-7-15-35(39)37-27-29(19-25-40(37)44)30-20-26-42-38(28-30)36-16-8-10-18-41(36)45-42/h1-36H;1-28H. The van der Waals surface area contributed by atoms with Crippen LogP contribution in [0.25, 0.3) is 142 Å². The van der Waals surface area contributed by atoms with Gasteiger partial charge in [-0.25, -0.2) is 0 Å². The van der Waals surface area contributed by atoms with Crippen LogP contribution < -0.4 is 9.80 Å². The van der Waals surface area contributed by atoms with Gasteiger partial charge in [-0.15, -0.1) is 11.3 Å². The van der Waals surface area contributed by atoms with E-state index in [0.29, 0.717) is 0 Å². The molecule has 6 heteroatoms. The summed E-state index contributed by atoms with van der Waals surface area (Å²) in [6.45, 7) is 0. The van der Waals surface area contributed by atoms with E-state index >= 15 is 0 Å². The molecule has 0 bridgehead atoms. The van der Waals surface area contributed by atoms with Crippen molar-refractivity contribution in [3.05, 3.63) is 388 Å². The average molecular weight is 1320 g/mol. The number of furan rings is 1. The van der Waals surface area contributed by atoms with Gasteiger partial charge in [0.25, 0.3) is 0 Å². The number of thiophene rings is 1.